The first kappa shape index (κ1) is 13.7. The van der Waals surface area contributed by atoms with Gasteiger partial charge in [0.1, 0.15) is 0 Å². The van der Waals surface area contributed by atoms with E-state index in [0.29, 0.717) is 6.04 Å². The molecule has 0 N–H and O–H groups in total. The lowest BCUT2D eigenvalue weighted by Crippen LogP contribution is -3.00. The van der Waals surface area contributed by atoms with Crippen LogP contribution in [0, 0.1) is 0 Å². The average molecular weight is 329 g/mol. The Hall–Kier alpha value is -0.380. The van der Waals surface area contributed by atoms with Gasteiger partial charge in [-0.25, -0.2) is 0 Å². The van der Waals surface area contributed by atoms with Gasteiger partial charge in [0.2, 0.25) is 5.69 Å². The normalized spacial score (nSPS) is 17.4. The number of benzene rings is 1. The molecule has 16 heavy (non-hydrogen) atoms. The van der Waals surface area contributed by atoms with E-state index in [9.17, 15) is 0 Å². The molecule has 2 heteroatoms. The summed E-state index contributed by atoms with van der Waals surface area (Å²) in [5.74, 6) is 0. The molecule has 1 nitrogen and oxygen atoms in total. The number of hydrogen-bond acceptors (Lipinski definition) is 0. The Kier molecular flexibility index (Phi) is 3.83. The minimum absolute atomic E-state index is 0. The zero-order chi connectivity index (χ0) is 11.2. The number of para-hydroxylation sites is 1. The summed E-state index contributed by atoms with van der Waals surface area (Å²) in [6, 6.07) is 9.28. The zero-order valence-electron chi connectivity index (χ0n) is 10.7. The van der Waals surface area contributed by atoms with Gasteiger partial charge in [0, 0.05) is 18.6 Å². The van der Waals surface area contributed by atoms with Crippen molar-refractivity contribution in [3.05, 3.63) is 29.8 Å². The van der Waals surface area contributed by atoms with Crippen molar-refractivity contribution in [1.29, 1.82) is 0 Å². The van der Waals surface area contributed by atoms with Crippen LogP contribution in [0.25, 0.3) is 0 Å². The molecule has 0 spiro atoms. The van der Waals surface area contributed by atoms with Gasteiger partial charge < -0.3 is 24.0 Å². The molecule has 88 valence electrons. The number of halogens is 1. The van der Waals surface area contributed by atoms with Gasteiger partial charge in [0.15, 0.2) is 11.8 Å². The molecule has 0 unspecified atom stereocenters. The smallest absolute Gasteiger partial charge is 0.209 e. The molecule has 0 saturated carbocycles. The molecule has 2 rings (SSSR count). The van der Waals surface area contributed by atoms with Gasteiger partial charge in [-0.05, 0) is 27.7 Å². The molecular formula is C14H20IN. The maximum atomic E-state index is 2.45. The molecule has 0 amide bonds. The van der Waals surface area contributed by atoms with Crippen molar-refractivity contribution < 1.29 is 28.6 Å². The van der Waals surface area contributed by atoms with Crippen LogP contribution in [0.5, 0.6) is 0 Å². The van der Waals surface area contributed by atoms with Gasteiger partial charge in [-0.2, -0.15) is 4.58 Å². The zero-order valence-corrected chi connectivity index (χ0v) is 12.9. The van der Waals surface area contributed by atoms with E-state index < -0.39 is 0 Å². The predicted molar refractivity (Wildman–Crippen MR) is 65.2 cm³/mol. The van der Waals surface area contributed by atoms with Crippen LogP contribution in [0.3, 0.4) is 0 Å². The highest BCUT2D eigenvalue weighted by Crippen LogP contribution is 2.39. The van der Waals surface area contributed by atoms with Gasteiger partial charge in [-0.3, -0.25) is 0 Å². The Morgan fingerprint density at radius 2 is 1.69 bits per heavy atom. The Bertz CT molecular complexity index is 430. The molecule has 0 fully saturated rings. The summed E-state index contributed by atoms with van der Waals surface area (Å²) in [6.45, 7) is 11.4. The van der Waals surface area contributed by atoms with Crippen LogP contribution >= 0.6 is 0 Å². The van der Waals surface area contributed by atoms with Crippen LogP contribution in [-0.2, 0) is 5.41 Å². The van der Waals surface area contributed by atoms with E-state index in [1.807, 2.05) is 0 Å². The molecule has 1 aliphatic rings. The molecule has 0 saturated heterocycles. The van der Waals surface area contributed by atoms with Crippen molar-refractivity contribution in [2.45, 2.75) is 46.1 Å². The minimum atomic E-state index is 0. The van der Waals surface area contributed by atoms with Gasteiger partial charge in [-0.15, -0.1) is 0 Å². The van der Waals surface area contributed by atoms with E-state index in [-0.39, 0.29) is 29.4 Å². The topological polar surface area (TPSA) is 3.01 Å². The maximum absolute atomic E-state index is 2.45. The van der Waals surface area contributed by atoms with Crippen LogP contribution < -0.4 is 24.0 Å². The lowest BCUT2D eigenvalue weighted by Gasteiger charge is -2.14. The summed E-state index contributed by atoms with van der Waals surface area (Å²) in [6.07, 6.45) is 0. The van der Waals surface area contributed by atoms with Crippen molar-refractivity contribution in [3.63, 3.8) is 0 Å². The second-order valence-electron chi connectivity index (χ2n) is 5.19. The molecule has 1 aliphatic heterocycles. The summed E-state index contributed by atoms with van der Waals surface area (Å²) < 4.78 is 2.45. The molecule has 0 aliphatic carbocycles. The number of hydrogen-bond donors (Lipinski definition) is 0. The Balaban J connectivity index is 0.00000128. The Labute approximate surface area is 116 Å². The minimum Gasteiger partial charge on any atom is -1.00 e. The highest BCUT2D eigenvalue weighted by molar-refractivity contribution is 5.93. The van der Waals surface area contributed by atoms with Gasteiger partial charge >= 0.3 is 0 Å². The average Bonchev–Trinajstić information content (AvgIpc) is 2.36. The van der Waals surface area contributed by atoms with Gasteiger partial charge in [-0.1, -0.05) is 18.2 Å². The van der Waals surface area contributed by atoms with Crippen LogP contribution in [-0.4, -0.2) is 16.3 Å². The second kappa shape index (κ2) is 4.47. The first-order chi connectivity index (χ1) is 6.96. The first-order valence-electron chi connectivity index (χ1n) is 5.69. The molecular weight excluding hydrogens is 309 g/mol. The monoisotopic (exact) mass is 329 g/mol. The SMILES string of the molecule is CC1=[N+](C(C)C)c2ccccc2C1(C)C.[I-]. The van der Waals surface area contributed by atoms with Crippen molar-refractivity contribution in [3.8, 4) is 0 Å². The third-order valence-corrected chi connectivity index (χ3v) is 3.62. The highest BCUT2D eigenvalue weighted by Gasteiger charge is 2.43. The molecule has 1 heterocycles. The van der Waals surface area contributed by atoms with E-state index in [1.54, 1.807) is 0 Å². The molecule has 0 atom stereocenters. The fourth-order valence-corrected chi connectivity index (χ4v) is 2.55. The number of fused-ring (bicyclic) bond motifs is 1. The lowest BCUT2D eigenvalue weighted by atomic mass is 9.82. The van der Waals surface area contributed by atoms with E-state index in [2.05, 4.69) is 63.5 Å². The van der Waals surface area contributed by atoms with E-state index >= 15 is 0 Å². The van der Waals surface area contributed by atoms with E-state index in [1.165, 1.54) is 17.0 Å². The summed E-state index contributed by atoms with van der Waals surface area (Å²) in [5.41, 5.74) is 4.48. The van der Waals surface area contributed by atoms with E-state index in [0.717, 1.165) is 0 Å². The summed E-state index contributed by atoms with van der Waals surface area (Å²) in [5, 5.41) is 0. The van der Waals surface area contributed by atoms with Crippen LogP contribution in [0.15, 0.2) is 24.3 Å². The molecule has 0 radical (unpaired) electrons. The Morgan fingerprint density at radius 3 is 2.25 bits per heavy atom. The summed E-state index contributed by atoms with van der Waals surface area (Å²) in [7, 11) is 0. The predicted octanol–water partition coefficient (Wildman–Crippen LogP) is 0.495. The summed E-state index contributed by atoms with van der Waals surface area (Å²) in [4.78, 5) is 0. The second-order valence-corrected chi connectivity index (χ2v) is 5.19. The van der Waals surface area contributed by atoms with Crippen LogP contribution in [0.2, 0.25) is 0 Å². The van der Waals surface area contributed by atoms with Crippen molar-refractivity contribution >= 4 is 11.4 Å². The molecule has 0 bridgehead atoms. The third kappa shape index (κ3) is 1.81. The maximum Gasteiger partial charge on any atom is 0.209 e. The van der Waals surface area contributed by atoms with Crippen molar-refractivity contribution in [2.24, 2.45) is 0 Å². The van der Waals surface area contributed by atoms with E-state index in [4.69, 9.17) is 0 Å². The van der Waals surface area contributed by atoms with Crippen LogP contribution in [0.4, 0.5) is 5.69 Å². The van der Waals surface area contributed by atoms with Crippen LogP contribution in [0.1, 0.15) is 40.2 Å². The fourth-order valence-electron chi connectivity index (χ4n) is 2.55. The highest BCUT2D eigenvalue weighted by atomic mass is 127. The standard InChI is InChI=1S/C14H20N.HI/c1-10(2)15-11(3)14(4,5)12-8-6-7-9-13(12)15;/h6-10H,1-5H3;1H/q+1;/p-1. The van der Waals surface area contributed by atoms with Crippen molar-refractivity contribution in [2.75, 3.05) is 0 Å². The lowest BCUT2D eigenvalue weighted by molar-refractivity contribution is -0.474. The third-order valence-electron chi connectivity index (χ3n) is 3.62. The molecule has 1 aromatic carbocycles. The van der Waals surface area contributed by atoms with Gasteiger partial charge in [0.05, 0.1) is 5.41 Å². The summed E-state index contributed by atoms with van der Waals surface area (Å²) >= 11 is 0. The largest absolute Gasteiger partial charge is 1.00 e. The number of rotatable bonds is 1. The molecule has 0 aromatic heterocycles. The first-order valence-corrected chi connectivity index (χ1v) is 5.69. The quantitative estimate of drug-likeness (QED) is 0.521. The van der Waals surface area contributed by atoms with Gasteiger partial charge in [0.25, 0.3) is 0 Å². The Morgan fingerprint density at radius 1 is 1.12 bits per heavy atom. The number of nitrogens with zero attached hydrogens (tertiary/aromatic N) is 1. The fraction of sp³-hybridized carbons (Fsp3) is 0.500. The van der Waals surface area contributed by atoms with Crippen molar-refractivity contribution in [1.82, 2.24) is 0 Å². The molecule has 1 aromatic rings.